The highest BCUT2D eigenvalue weighted by atomic mass is 16.5. The van der Waals surface area contributed by atoms with Gasteiger partial charge in [0.15, 0.2) is 0 Å². The van der Waals surface area contributed by atoms with E-state index in [1.54, 1.807) is 0 Å². The number of benzene rings is 2. The predicted molar refractivity (Wildman–Crippen MR) is 99.6 cm³/mol. The average Bonchev–Trinajstić information content (AvgIpc) is 3.40. The van der Waals surface area contributed by atoms with Crippen LogP contribution < -0.4 is 10.1 Å². The number of aliphatic hydroxyl groups is 1. The van der Waals surface area contributed by atoms with Gasteiger partial charge in [0.1, 0.15) is 11.5 Å². The molecule has 3 N–H and O–H groups in total. The Morgan fingerprint density at radius 3 is 2.31 bits per heavy atom. The van der Waals surface area contributed by atoms with Crippen molar-refractivity contribution in [2.45, 2.75) is 25.4 Å². The first-order valence-corrected chi connectivity index (χ1v) is 8.69. The molecule has 3 aromatic rings. The third kappa shape index (κ3) is 3.63. The number of hydrogen-bond acceptors (Lipinski definition) is 3. The molecule has 1 amide bonds. The van der Waals surface area contributed by atoms with Crippen molar-refractivity contribution in [3.8, 4) is 11.5 Å². The van der Waals surface area contributed by atoms with Gasteiger partial charge in [0, 0.05) is 17.6 Å². The quantitative estimate of drug-likeness (QED) is 0.617. The minimum atomic E-state index is -0.0959. The van der Waals surface area contributed by atoms with E-state index >= 15 is 0 Å². The number of carbonyl (C=O) groups excluding carboxylic acids is 1. The van der Waals surface area contributed by atoms with E-state index in [1.807, 2.05) is 60.8 Å². The Labute approximate surface area is 151 Å². The summed E-state index contributed by atoms with van der Waals surface area (Å²) in [7, 11) is 0. The Morgan fingerprint density at radius 2 is 1.69 bits per heavy atom. The number of aromatic nitrogens is 1. The van der Waals surface area contributed by atoms with E-state index in [1.165, 1.54) is 0 Å². The van der Waals surface area contributed by atoms with Crippen molar-refractivity contribution in [1.82, 2.24) is 4.98 Å². The van der Waals surface area contributed by atoms with Crippen LogP contribution in [0.15, 0.2) is 60.8 Å². The van der Waals surface area contributed by atoms with Gasteiger partial charge in [-0.05, 0) is 66.8 Å². The van der Waals surface area contributed by atoms with Crippen molar-refractivity contribution < 1.29 is 14.6 Å². The van der Waals surface area contributed by atoms with Crippen molar-refractivity contribution in [2.24, 2.45) is 0 Å². The van der Waals surface area contributed by atoms with Crippen LogP contribution in [0.5, 0.6) is 11.5 Å². The summed E-state index contributed by atoms with van der Waals surface area (Å²) >= 11 is 0. The smallest absolute Gasteiger partial charge is 0.257 e. The molecular weight excluding hydrogens is 328 g/mol. The second-order valence-corrected chi connectivity index (χ2v) is 6.46. The zero-order valence-corrected chi connectivity index (χ0v) is 14.2. The largest absolute Gasteiger partial charge is 0.457 e. The summed E-state index contributed by atoms with van der Waals surface area (Å²) in [5.41, 5.74) is 3.32. The SMILES string of the molecule is O=C(Nc1ccc(Oc2ccc(CO)cc2)cc1)c1cc[nH]c1C1CC1. The lowest BCUT2D eigenvalue weighted by Crippen LogP contribution is -2.12. The van der Waals surface area contributed by atoms with Crippen LogP contribution in [-0.2, 0) is 6.61 Å². The number of ether oxygens (including phenoxy) is 1. The molecule has 0 spiro atoms. The van der Waals surface area contributed by atoms with Gasteiger partial charge < -0.3 is 20.1 Å². The minimum absolute atomic E-state index is 0.0122. The van der Waals surface area contributed by atoms with Gasteiger partial charge in [0.05, 0.1) is 12.2 Å². The summed E-state index contributed by atoms with van der Waals surface area (Å²) in [4.78, 5) is 15.7. The zero-order valence-electron chi connectivity index (χ0n) is 14.2. The molecule has 0 aliphatic heterocycles. The van der Waals surface area contributed by atoms with Gasteiger partial charge in [0.2, 0.25) is 0 Å². The van der Waals surface area contributed by atoms with E-state index < -0.39 is 0 Å². The molecule has 132 valence electrons. The third-order valence-electron chi connectivity index (χ3n) is 4.46. The van der Waals surface area contributed by atoms with Crippen LogP contribution in [0.3, 0.4) is 0 Å². The highest BCUT2D eigenvalue weighted by Gasteiger charge is 2.29. The molecule has 4 rings (SSSR count). The number of nitrogens with one attached hydrogen (secondary N) is 2. The maximum Gasteiger partial charge on any atom is 0.257 e. The van der Waals surface area contributed by atoms with Crippen LogP contribution in [0.1, 0.15) is 40.4 Å². The van der Waals surface area contributed by atoms with Gasteiger partial charge in [-0.2, -0.15) is 0 Å². The Bertz CT molecular complexity index is 894. The standard InChI is InChI=1S/C21H20N2O3/c24-13-14-1-7-17(8-2-14)26-18-9-5-16(6-10-18)23-21(25)19-11-12-22-20(19)15-3-4-15/h1-2,5-12,15,22,24H,3-4,13H2,(H,23,25). The lowest BCUT2D eigenvalue weighted by Gasteiger charge is -2.09. The molecular formula is C21H20N2O3. The van der Waals surface area contributed by atoms with E-state index in [0.29, 0.717) is 17.4 Å². The van der Waals surface area contributed by atoms with Gasteiger partial charge in [-0.3, -0.25) is 4.79 Å². The van der Waals surface area contributed by atoms with Crippen molar-refractivity contribution in [1.29, 1.82) is 0 Å². The topological polar surface area (TPSA) is 74.3 Å². The van der Waals surface area contributed by atoms with Crippen LogP contribution >= 0.6 is 0 Å². The molecule has 5 heteroatoms. The van der Waals surface area contributed by atoms with Crippen LogP contribution in [-0.4, -0.2) is 16.0 Å². The number of anilines is 1. The molecule has 0 atom stereocenters. The summed E-state index contributed by atoms with van der Waals surface area (Å²) in [6.45, 7) is 0.0122. The molecule has 0 radical (unpaired) electrons. The average molecular weight is 348 g/mol. The molecule has 0 saturated heterocycles. The van der Waals surface area contributed by atoms with E-state index in [9.17, 15) is 4.79 Å². The molecule has 0 unspecified atom stereocenters. The fourth-order valence-corrected chi connectivity index (χ4v) is 2.89. The number of aromatic amines is 1. The zero-order chi connectivity index (χ0) is 17.9. The van der Waals surface area contributed by atoms with E-state index in [-0.39, 0.29) is 12.5 Å². The van der Waals surface area contributed by atoms with E-state index in [0.717, 1.165) is 35.3 Å². The van der Waals surface area contributed by atoms with Crippen LogP contribution in [0.4, 0.5) is 5.69 Å². The summed E-state index contributed by atoms with van der Waals surface area (Å²) < 4.78 is 5.77. The fraction of sp³-hybridized carbons (Fsp3) is 0.190. The highest BCUT2D eigenvalue weighted by molar-refractivity contribution is 6.05. The second kappa shape index (κ2) is 7.06. The maximum absolute atomic E-state index is 12.5. The van der Waals surface area contributed by atoms with Crippen molar-refractivity contribution in [3.63, 3.8) is 0 Å². The van der Waals surface area contributed by atoms with Crippen LogP contribution in [0, 0.1) is 0 Å². The maximum atomic E-state index is 12.5. The molecule has 1 saturated carbocycles. The van der Waals surface area contributed by atoms with Gasteiger partial charge in [-0.1, -0.05) is 12.1 Å². The number of rotatable bonds is 6. The van der Waals surface area contributed by atoms with Gasteiger partial charge in [-0.25, -0.2) is 0 Å². The number of hydrogen-bond donors (Lipinski definition) is 3. The first-order valence-electron chi connectivity index (χ1n) is 8.69. The van der Waals surface area contributed by atoms with Gasteiger partial charge >= 0.3 is 0 Å². The van der Waals surface area contributed by atoms with Gasteiger partial charge in [0.25, 0.3) is 5.91 Å². The lowest BCUT2D eigenvalue weighted by atomic mass is 10.1. The first-order chi connectivity index (χ1) is 12.7. The monoisotopic (exact) mass is 348 g/mol. The molecule has 1 aromatic heterocycles. The Balaban J connectivity index is 1.40. The Kier molecular flexibility index (Phi) is 4.46. The van der Waals surface area contributed by atoms with Crippen molar-refractivity contribution in [3.05, 3.63) is 77.6 Å². The number of aliphatic hydroxyl groups excluding tert-OH is 1. The molecule has 1 heterocycles. The molecule has 5 nitrogen and oxygen atoms in total. The summed E-state index contributed by atoms with van der Waals surface area (Å²) in [5, 5.41) is 12.0. The Hall–Kier alpha value is -3.05. The minimum Gasteiger partial charge on any atom is -0.457 e. The number of amides is 1. The third-order valence-corrected chi connectivity index (χ3v) is 4.46. The molecule has 0 bridgehead atoms. The van der Waals surface area contributed by atoms with Crippen molar-refractivity contribution >= 4 is 11.6 Å². The van der Waals surface area contributed by atoms with Crippen LogP contribution in [0.25, 0.3) is 0 Å². The van der Waals surface area contributed by atoms with Gasteiger partial charge in [-0.15, -0.1) is 0 Å². The normalized spacial score (nSPS) is 13.4. The molecule has 1 fully saturated rings. The second-order valence-electron chi connectivity index (χ2n) is 6.46. The summed E-state index contributed by atoms with van der Waals surface area (Å²) in [6, 6.07) is 16.4. The fourth-order valence-electron chi connectivity index (χ4n) is 2.89. The summed E-state index contributed by atoms with van der Waals surface area (Å²) in [6.07, 6.45) is 4.11. The molecule has 2 aromatic carbocycles. The van der Waals surface area contributed by atoms with E-state index in [4.69, 9.17) is 9.84 Å². The lowest BCUT2D eigenvalue weighted by molar-refractivity contribution is 0.102. The first kappa shape index (κ1) is 16.4. The molecule has 1 aliphatic rings. The van der Waals surface area contributed by atoms with E-state index in [2.05, 4.69) is 10.3 Å². The van der Waals surface area contributed by atoms with Crippen LogP contribution in [0.2, 0.25) is 0 Å². The van der Waals surface area contributed by atoms with Crippen molar-refractivity contribution in [2.75, 3.05) is 5.32 Å². The summed E-state index contributed by atoms with van der Waals surface area (Å²) in [5.74, 6) is 1.78. The number of H-pyrrole nitrogens is 1. The number of carbonyl (C=O) groups is 1. The molecule has 1 aliphatic carbocycles. The Morgan fingerprint density at radius 1 is 1.04 bits per heavy atom. The predicted octanol–water partition coefficient (Wildman–Crippen LogP) is 4.43. The highest BCUT2D eigenvalue weighted by Crippen LogP contribution is 2.40. The molecule has 26 heavy (non-hydrogen) atoms.